The van der Waals surface area contributed by atoms with Gasteiger partial charge in [-0.1, -0.05) is 0 Å². The number of amides is 1. The molecule has 0 radical (unpaired) electrons. The van der Waals surface area contributed by atoms with Gasteiger partial charge in [-0.05, 0) is 25.9 Å². The highest BCUT2D eigenvalue weighted by molar-refractivity contribution is 5.85. The Hall–Kier alpha value is -1.14. The number of carboxylic acids is 1. The Morgan fingerprint density at radius 1 is 1.47 bits per heavy atom. The summed E-state index contributed by atoms with van der Waals surface area (Å²) in [5, 5.41) is 14.7. The molecule has 1 unspecified atom stereocenters. The Morgan fingerprint density at radius 2 is 2.12 bits per heavy atom. The van der Waals surface area contributed by atoms with E-state index in [1.807, 2.05) is 0 Å². The summed E-state index contributed by atoms with van der Waals surface area (Å²) in [7, 11) is 1.51. The third-order valence-corrected chi connectivity index (χ3v) is 2.94. The van der Waals surface area contributed by atoms with Gasteiger partial charge in [0.25, 0.3) is 0 Å². The van der Waals surface area contributed by atoms with Crippen molar-refractivity contribution in [2.24, 2.45) is 5.92 Å². The number of carbonyl (C=O) groups excluding carboxylic acids is 1. The smallest absolute Gasteiger partial charge is 0.326 e. The topological polar surface area (TPSA) is 87.7 Å². The number of piperidine rings is 1. The lowest BCUT2D eigenvalue weighted by Gasteiger charge is -2.23. The van der Waals surface area contributed by atoms with E-state index >= 15 is 0 Å². The molecule has 6 heteroatoms. The second-order valence-corrected chi connectivity index (χ2v) is 4.21. The molecule has 0 bridgehead atoms. The van der Waals surface area contributed by atoms with Crippen molar-refractivity contribution in [3.8, 4) is 0 Å². The number of ether oxygens (including phenoxy) is 1. The zero-order valence-electron chi connectivity index (χ0n) is 10.1. The van der Waals surface area contributed by atoms with Gasteiger partial charge in [-0.3, -0.25) is 4.79 Å². The maximum absolute atomic E-state index is 11.8. The minimum atomic E-state index is -1.01. The van der Waals surface area contributed by atoms with E-state index in [0.717, 1.165) is 25.9 Å². The summed E-state index contributed by atoms with van der Waals surface area (Å²) < 4.78 is 4.82. The van der Waals surface area contributed by atoms with Gasteiger partial charge in [0, 0.05) is 26.1 Å². The van der Waals surface area contributed by atoms with Gasteiger partial charge in [-0.2, -0.15) is 0 Å². The second kappa shape index (κ2) is 7.24. The van der Waals surface area contributed by atoms with Crippen LogP contribution >= 0.6 is 0 Å². The fourth-order valence-electron chi connectivity index (χ4n) is 1.87. The van der Waals surface area contributed by atoms with Gasteiger partial charge in [0.05, 0.1) is 0 Å². The van der Waals surface area contributed by atoms with Crippen LogP contribution in [0.25, 0.3) is 0 Å². The molecular weight excluding hydrogens is 224 g/mol. The lowest BCUT2D eigenvalue weighted by Crippen LogP contribution is -2.46. The predicted molar refractivity (Wildman–Crippen MR) is 61.7 cm³/mol. The number of carboxylic acid groups (broad SMARTS) is 1. The van der Waals surface area contributed by atoms with E-state index in [0.29, 0.717) is 13.0 Å². The van der Waals surface area contributed by atoms with Crippen molar-refractivity contribution in [3.05, 3.63) is 0 Å². The van der Waals surface area contributed by atoms with Crippen molar-refractivity contribution in [3.63, 3.8) is 0 Å². The predicted octanol–water partition coefficient (Wildman–Crippen LogP) is -0.408. The molecule has 1 aliphatic heterocycles. The number of hydrogen-bond donors (Lipinski definition) is 3. The summed E-state index contributed by atoms with van der Waals surface area (Å²) in [4.78, 5) is 22.8. The summed E-state index contributed by atoms with van der Waals surface area (Å²) in [6.07, 6.45) is 1.83. The van der Waals surface area contributed by atoms with E-state index in [1.165, 1.54) is 7.11 Å². The van der Waals surface area contributed by atoms with Gasteiger partial charge in [-0.15, -0.1) is 0 Å². The molecule has 0 saturated carbocycles. The van der Waals surface area contributed by atoms with Gasteiger partial charge in [-0.25, -0.2) is 4.79 Å². The van der Waals surface area contributed by atoms with Crippen molar-refractivity contribution < 1.29 is 19.4 Å². The maximum Gasteiger partial charge on any atom is 0.326 e. The van der Waals surface area contributed by atoms with Gasteiger partial charge < -0.3 is 20.5 Å². The molecule has 0 aliphatic carbocycles. The van der Waals surface area contributed by atoms with Gasteiger partial charge in [0.1, 0.15) is 6.04 Å². The molecule has 6 nitrogen and oxygen atoms in total. The monoisotopic (exact) mass is 244 g/mol. The summed E-state index contributed by atoms with van der Waals surface area (Å²) >= 11 is 0. The number of rotatable bonds is 6. The number of nitrogens with one attached hydrogen (secondary N) is 2. The quantitative estimate of drug-likeness (QED) is 0.591. The van der Waals surface area contributed by atoms with Crippen LogP contribution in [-0.2, 0) is 14.3 Å². The first kappa shape index (κ1) is 13.9. The first-order chi connectivity index (χ1) is 8.15. The van der Waals surface area contributed by atoms with E-state index in [9.17, 15) is 9.59 Å². The van der Waals surface area contributed by atoms with Crippen LogP contribution < -0.4 is 10.6 Å². The molecule has 1 rings (SSSR count). The van der Waals surface area contributed by atoms with Gasteiger partial charge in [0.15, 0.2) is 0 Å². The van der Waals surface area contributed by atoms with Crippen LogP contribution in [-0.4, -0.2) is 49.8 Å². The molecule has 17 heavy (non-hydrogen) atoms. The van der Waals surface area contributed by atoms with Gasteiger partial charge >= 0.3 is 5.97 Å². The van der Waals surface area contributed by atoms with Crippen LogP contribution in [0, 0.1) is 5.92 Å². The molecule has 1 amide bonds. The van der Waals surface area contributed by atoms with Crippen molar-refractivity contribution in [2.75, 3.05) is 26.8 Å². The Morgan fingerprint density at radius 3 is 2.65 bits per heavy atom. The highest BCUT2D eigenvalue weighted by Crippen LogP contribution is 2.12. The highest BCUT2D eigenvalue weighted by Gasteiger charge is 2.25. The fourth-order valence-corrected chi connectivity index (χ4v) is 1.87. The van der Waals surface area contributed by atoms with Crippen molar-refractivity contribution >= 4 is 11.9 Å². The van der Waals surface area contributed by atoms with E-state index in [4.69, 9.17) is 9.84 Å². The number of hydrogen-bond acceptors (Lipinski definition) is 4. The third-order valence-electron chi connectivity index (χ3n) is 2.94. The average Bonchev–Trinajstić information content (AvgIpc) is 2.35. The van der Waals surface area contributed by atoms with Crippen molar-refractivity contribution in [1.29, 1.82) is 0 Å². The van der Waals surface area contributed by atoms with E-state index in [-0.39, 0.29) is 11.8 Å². The Balaban J connectivity index is 2.42. The first-order valence-corrected chi connectivity index (χ1v) is 5.88. The van der Waals surface area contributed by atoms with Crippen LogP contribution in [0.15, 0.2) is 0 Å². The zero-order valence-corrected chi connectivity index (χ0v) is 10.1. The Kier molecular flexibility index (Phi) is 5.93. The molecule has 0 aromatic heterocycles. The first-order valence-electron chi connectivity index (χ1n) is 5.88. The molecule has 0 aromatic carbocycles. The van der Waals surface area contributed by atoms with Crippen LogP contribution in [0.3, 0.4) is 0 Å². The van der Waals surface area contributed by atoms with E-state index in [1.54, 1.807) is 0 Å². The lowest BCUT2D eigenvalue weighted by atomic mass is 9.97. The summed E-state index contributed by atoms with van der Waals surface area (Å²) in [5.74, 6) is -1.24. The van der Waals surface area contributed by atoms with Gasteiger partial charge in [0.2, 0.25) is 5.91 Å². The Labute approximate surface area is 101 Å². The summed E-state index contributed by atoms with van der Waals surface area (Å²) in [6.45, 7) is 1.95. The summed E-state index contributed by atoms with van der Waals surface area (Å²) in [5.41, 5.74) is 0. The minimum absolute atomic E-state index is 0.0688. The summed E-state index contributed by atoms with van der Waals surface area (Å²) in [6, 6.07) is -0.850. The molecule has 0 spiro atoms. The molecule has 1 atom stereocenters. The van der Waals surface area contributed by atoms with Crippen LogP contribution in [0.2, 0.25) is 0 Å². The normalized spacial score (nSPS) is 18.6. The number of methoxy groups -OCH3 is 1. The molecule has 1 aliphatic rings. The van der Waals surface area contributed by atoms with Crippen molar-refractivity contribution in [1.82, 2.24) is 10.6 Å². The average molecular weight is 244 g/mol. The van der Waals surface area contributed by atoms with Crippen LogP contribution in [0.1, 0.15) is 19.3 Å². The lowest BCUT2D eigenvalue weighted by molar-refractivity contribution is -0.143. The van der Waals surface area contributed by atoms with Crippen LogP contribution in [0.4, 0.5) is 0 Å². The fraction of sp³-hybridized carbons (Fsp3) is 0.818. The molecular formula is C11H20N2O4. The van der Waals surface area contributed by atoms with E-state index in [2.05, 4.69) is 10.6 Å². The van der Waals surface area contributed by atoms with E-state index < -0.39 is 12.0 Å². The number of carbonyl (C=O) groups is 2. The SMILES string of the molecule is COCCC(NC(=O)C1CCNCC1)C(=O)O. The minimum Gasteiger partial charge on any atom is -0.480 e. The Bertz CT molecular complexity index is 264. The third kappa shape index (κ3) is 4.70. The van der Waals surface area contributed by atoms with Crippen molar-refractivity contribution in [2.45, 2.75) is 25.3 Å². The molecule has 1 heterocycles. The standard InChI is InChI=1S/C11H20N2O4/c1-17-7-4-9(11(15)16)13-10(14)8-2-5-12-6-3-8/h8-9,12H,2-7H2,1H3,(H,13,14)(H,15,16). The largest absolute Gasteiger partial charge is 0.480 e. The van der Waals surface area contributed by atoms with Crippen LogP contribution in [0.5, 0.6) is 0 Å². The molecule has 1 saturated heterocycles. The second-order valence-electron chi connectivity index (χ2n) is 4.21. The zero-order chi connectivity index (χ0) is 12.7. The molecule has 98 valence electrons. The maximum atomic E-state index is 11.8. The highest BCUT2D eigenvalue weighted by atomic mass is 16.5. The molecule has 0 aromatic rings. The molecule has 1 fully saturated rings. The number of aliphatic carboxylic acids is 1. The molecule has 3 N–H and O–H groups in total.